The van der Waals surface area contributed by atoms with Gasteiger partial charge in [-0.15, -0.1) is 0 Å². The van der Waals surface area contributed by atoms with Crippen molar-refractivity contribution < 1.29 is 14.6 Å². The normalized spacial score (nSPS) is 14.1. The number of carbonyl (C=O) groups excluding carboxylic acids is 1. The number of nitrogens with zero attached hydrogens (tertiary/aromatic N) is 1. The zero-order chi connectivity index (χ0) is 12.9. The van der Waals surface area contributed by atoms with Gasteiger partial charge < -0.3 is 14.7 Å². The van der Waals surface area contributed by atoms with Crippen molar-refractivity contribution in [3.05, 3.63) is 35.9 Å². The third-order valence-electron chi connectivity index (χ3n) is 2.50. The molecule has 1 N–H and O–H groups in total. The van der Waals surface area contributed by atoms with Crippen LogP contribution in [0.25, 0.3) is 0 Å². The lowest BCUT2D eigenvalue weighted by Crippen LogP contribution is -2.48. The predicted molar refractivity (Wildman–Crippen MR) is 65.4 cm³/mol. The van der Waals surface area contributed by atoms with Gasteiger partial charge in [0.25, 0.3) is 5.91 Å². The van der Waals surface area contributed by atoms with Gasteiger partial charge in [0.2, 0.25) is 0 Å². The molecule has 0 aliphatic carbocycles. The van der Waals surface area contributed by atoms with Gasteiger partial charge in [0.1, 0.15) is 0 Å². The summed E-state index contributed by atoms with van der Waals surface area (Å²) in [5.74, 6) is -0.344. The molecule has 0 saturated heterocycles. The van der Waals surface area contributed by atoms with Crippen LogP contribution < -0.4 is 0 Å². The van der Waals surface area contributed by atoms with Crippen LogP contribution in [0.5, 0.6) is 0 Å². The summed E-state index contributed by atoms with van der Waals surface area (Å²) >= 11 is 0. The predicted octanol–water partition coefficient (Wildman–Crippen LogP) is 1.04. The van der Waals surface area contributed by atoms with Crippen molar-refractivity contribution in [3.63, 3.8) is 0 Å². The minimum atomic E-state index is -1.47. The first-order chi connectivity index (χ1) is 7.97. The molecule has 0 aliphatic rings. The minimum Gasteiger partial charge on any atom is -0.381 e. The van der Waals surface area contributed by atoms with Crippen LogP contribution >= 0.6 is 0 Å². The largest absolute Gasteiger partial charge is 0.381 e. The lowest BCUT2D eigenvalue weighted by atomic mass is 10.1. The molecule has 0 aromatic heterocycles. The summed E-state index contributed by atoms with van der Waals surface area (Å²) in [6.07, 6.45) is 0. The summed E-state index contributed by atoms with van der Waals surface area (Å²) < 4.78 is 4.83. The highest BCUT2D eigenvalue weighted by atomic mass is 16.5. The molecule has 0 heterocycles. The molecule has 94 valence electrons. The van der Waals surface area contributed by atoms with Crippen molar-refractivity contribution in [2.45, 2.75) is 19.1 Å². The Labute approximate surface area is 102 Å². The second-order valence-electron chi connectivity index (χ2n) is 4.35. The molecule has 0 spiro atoms. The van der Waals surface area contributed by atoms with Crippen LogP contribution in [0, 0.1) is 0 Å². The summed E-state index contributed by atoms with van der Waals surface area (Å²) in [5, 5.41) is 9.92. The third kappa shape index (κ3) is 3.84. The summed E-state index contributed by atoms with van der Waals surface area (Å²) in [5.41, 5.74) is -0.449. The van der Waals surface area contributed by atoms with Crippen LogP contribution in [0.1, 0.15) is 12.5 Å². The Bertz CT molecular complexity index is 362. The van der Waals surface area contributed by atoms with E-state index in [9.17, 15) is 9.90 Å². The monoisotopic (exact) mass is 237 g/mol. The van der Waals surface area contributed by atoms with Crippen molar-refractivity contribution in [2.75, 3.05) is 20.8 Å². The molecule has 1 rings (SSSR count). The van der Waals surface area contributed by atoms with Gasteiger partial charge in [0.05, 0.1) is 6.61 Å². The van der Waals surface area contributed by atoms with Gasteiger partial charge >= 0.3 is 0 Å². The molecule has 4 nitrogen and oxygen atoms in total. The number of aliphatic hydroxyl groups is 1. The van der Waals surface area contributed by atoms with Gasteiger partial charge in [-0.25, -0.2) is 0 Å². The zero-order valence-corrected chi connectivity index (χ0v) is 10.5. The van der Waals surface area contributed by atoms with Gasteiger partial charge in [0.15, 0.2) is 5.60 Å². The maximum absolute atomic E-state index is 12.0. The first-order valence-corrected chi connectivity index (χ1v) is 5.48. The van der Waals surface area contributed by atoms with E-state index in [1.807, 2.05) is 30.3 Å². The van der Waals surface area contributed by atoms with Crippen LogP contribution in [0.15, 0.2) is 30.3 Å². The third-order valence-corrected chi connectivity index (χ3v) is 2.50. The molecular weight excluding hydrogens is 218 g/mol. The molecule has 1 aromatic rings. The smallest absolute Gasteiger partial charge is 0.256 e. The molecule has 1 aromatic carbocycles. The fourth-order valence-corrected chi connectivity index (χ4v) is 1.68. The maximum Gasteiger partial charge on any atom is 0.256 e. The molecule has 1 atom stereocenters. The standard InChI is InChI=1S/C13H19NO3/c1-13(16,10-17-3)12(15)14(2)9-11-7-5-4-6-8-11/h4-8,16H,9-10H2,1-3H3. The lowest BCUT2D eigenvalue weighted by molar-refractivity contribution is -0.153. The van der Waals surface area contributed by atoms with Crippen molar-refractivity contribution in [1.29, 1.82) is 0 Å². The highest BCUT2D eigenvalue weighted by molar-refractivity contribution is 5.84. The molecule has 0 saturated carbocycles. The second kappa shape index (κ2) is 5.80. The molecular formula is C13H19NO3. The number of benzene rings is 1. The summed E-state index contributed by atoms with van der Waals surface area (Å²) in [7, 11) is 3.12. The number of hydrogen-bond donors (Lipinski definition) is 1. The molecule has 0 radical (unpaired) electrons. The van der Waals surface area contributed by atoms with Gasteiger partial charge in [-0.2, -0.15) is 0 Å². The minimum absolute atomic E-state index is 0.00897. The molecule has 4 heteroatoms. The van der Waals surface area contributed by atoms with Crippen molar-refractivity contribution in [3.8, 4) is 0 Å². The Balaban J connectivity index is 2.65. The molecule has 0 bridgehead atoms. The van der Waals surface area contributed by atoms with Crippen LogP contribution in [0.3, 0.4) is 0 Å². The van der Waals surface area contributed by atoms with Crippen molar-refractivity contribution >= 4 is 5.91 Å². The number of methoxy groups -OCH3 is 1. The number of carbonyl (C=O) groups is 1. The van der Waals surface area contributed by atoms with Crippen LogP contribution in [-0.4, -0.2) is 42.3 Å². The van der Waals surface area contributed by atoms with Crippen molar-refractivity contribution in [2.24, 2.45) is 0 Å². The SMILES string of the molecule is COCC(C)(O)C(=O)N(C)Cc1ccccc1. The van der Waals surface area contributed by atoms with E-state index < -0.39 is 5.60 Å². The van der Waals surface area contributed by atoms with E-state index in [-0.39, 0.29) is 12.5 Å². The van der Waals surface area contributed by atoms with Crippen molar-refractivity contribution in [1.82, 2.24) is 4.90 Å². The fraction of sp³-hybridized carbons (Fsp3) is 0.462. The second-order valence-corrected chi connectivity index (χ2v) is 4.35. The topological polar surface area (TPSA) is 49.8 Å². The van der Waals surface area contributed by atoms with Gasteiger partial charge in [-0.05, 0) is 12.5 Å². The fourth-order valence-electron chi connectivity index (χ4n) is 1.68. The Morgan fingerprint density at radius 2 is 2.00 bits per heavy atom. The molecule has 17 heavy (non-hydrogen) atoms. The Morgan fingerprint density at radius 1 is 1.41 bits per heavy atom. The van der Waals surface area contributed by atoms with Gasteiger partial charge in [0, 0.05) is 20.7 Å². The average molecular weight is 237 g/mol. The highest BCUT2D eigenvalue weighted by Crippen LogP contribution is 2.11. The number of amides is 1. The van der Waals surface area contributed by atoms with Crippen LogP contribution in [-0.2, 0) is 16.1 Å². The molecule has 0 aliphatic heterocycles. The van der Waals surface area contributed by atoms with Crippen LogP contribution in [0.2, 0.25) is 0 Å². The molecule has 0 fully saturated rings. The van der Waals surface area contributed by atoms with E-state index in [4.69, 9.17) is 4.74 Å². The van der Waals surface area contributed by atoms with E-state index in [1.165, 1.54) is 18.9 Å². The maximum atomic E-state index is 12.0. The van der Waals surface area contributed by atoms with E-state index in [0.717, 1.165) is 5.56 Å². The summed E-state index contributed by atoms with van der Waals surface area (Å²) in [4.78, 5) is 13.4. The van der Waals surface area contributed by atoms with E-state index in [0.29, 0.717) is 6.54 Å². The molecule has 1 amide bonds. The quantitative estimate of drug-likeness (QED) is 0.832. The summed E-state index contributed by atoms with van der Waals surface area (Å²) in [6, 6.07) is 9.64. The highest BCUT2D eigenvalue weighted by Gasteiger charge is 2.32. The Hall–Kier alpha value is -1.39. The van der Waals surface area contributed by atoms with E-state index in [2.05, 4.69) is 0 Å². The Morgan fingerprint density at radius 3 is 2.53 bits per heavy atom. The lowest BCUT2D eigenvalue weighted by Gasteiger charge is -2.27. The Kier molecular flexibility index (Phi) is 4.66. The zero-order valence-electron chi connectivity index (χ0n) is 10.5. The number of ether oxygens (including phenoxy) is 1. The number of likely N-dealkylation sites (N-methyl/N-ethyl adjacent to an activating group) is 1. The van der Waals surface area contributed by atoms with E-state index >= 15 is 0 Å². The first kappa shape index (κ1) is 13.7. The number of hydrogen-bond acceptors (Lipinski definition) is 3. The first-order valence-electron chi connectivity index (χ1n) is 5.48. The van der Waals surface area contributed by atoms with E-state index in [1.54, 1.807) is 7.05 Å². The van der Waals surface area contributed by atoms with Gasteiger partial charge in [-0.3, -0.25) is 4.79 Å². The molecule has 1 unspecified atom stereocenters. The number of rotatable bonds is 5. The van der Waals surface area contributed by atoms with Crippen LogP contribution in [0.4, 0.5) is 0 Å². The van der Waals surface area contributed by atoms with Gasteiger partial charge in [-0.1, -0.05) is 30.3 Å². The average Bonchev–Trinajstić information content (AvgIpc) is 2.29. The summed E-state index contributed by atoms with van der Waals surface area (Å²) in [6.45, 7) is 1.92.